The van der Waals surface area contributed by atoms with Gasteiger partial charge >= 0.3 is 0 Å². The summed E-state index contributed by atoms with van der Waals surface area (Å²) in [5.74, 6) is 3.22. The third-order valence-corrected chi connectivity index (χ3v) is 6.22. The number of aliphatic imine (C=N–C) groups is 1. The van der Waals surface area contributed by atoms with E-state index < -0.39 is 0 Å². The molecule has 0 bridgehead atoms. The summed E-state index contributed by atoms with van der Waals surface area (Å²) in [6.07, 6.45) is 5.33. The SMILES string of the molecule is Cc1nnc(CNC(=NCc2ccccc2)NCC(C(C)C)N2CCCCCC2)n1C. The van der Waals surface area contributed by atoms with Crippen LogP contribution in [0.5, 0.6) is 0 Å². The fourth-order valence-corrected chi connectivity index (χ4v) is 4.11. The second-order valence-electron chi connectivity index (χ2n) is 8.87. The van der Waals surface area contributed by atoms with Crippen molar-refractivity contribution in [2.45, 2.75) is 65.6 Å². The number of nitrogens with one attached hydrogen (secondary N) is 2. The fraction of sp³-hybridized carbons (Fsp3) is 0.625. The van der Waals surface area contributed by atoms with E-state index in [4.69, 9.17) is 4.99 Å². The van der Waals surface area contributed by atoms with E-state index in [0.717, 1.165) is 24.2 Å². The number of likely N-dealkylation sites (tertiary alicyclic amines) is 1. The molecule has 1 saturated heterocycles. The van der Waals surface area contributed by atoms with Gasteiger partial charge in [-0.25, -0.2) is 4.99 Å². The standard InChI is InChI=1S/C24H39N7/c1-19(2)22(31-14-10-5-6-11-15-31)17-26-24(25-16-21-12-8-7-9-13-21)27-18-23-29-28-20(3)30(23)4/h7-9,12-13,19,22H,5-6,10-11,14-18H2,1-4H3,(H2,25,26,27). The van der Waals surface area contributed by atoms with Crippen LogP contribution in [0.15, 0.2) is 35.3 Å². The van der Waals surface area contributed by atoms with Crippen molar-refractivity contribution in [3.05, 3.63) is 47.5 Å². The number of aromatic nitrogens is 3. The quantitative estimate of drug-likeness (QED) is 0.502. The van der Waals surface area contributed by atoms with Crippen LogP contribution in [0, 0.1) is 12.8 Å². The van der Waals surface area contributed by atoms with Gasteiger partial charge in [-0.3, -0.25) is 4.90 Å². The van der Waals surface area contributed by atoms with Gasteiger partial charge < -0.3 is 15.2 Å². The molecule has 0 spiro atoms. The lowest BCUT2D eigenvalue weighted by Gasteiger charge is -2.34. The van der Waals surface area contributed by atoms with Gasteiger partial charge in [-0.1, -0.05) is 57.0 Å². The van der Waals surface area contributed by atoms with Crippen molar-refractivity contribution in [1.29, 1.82) is 0 Å². The summed E-state index contributed by atoms with van der Waals surface area (Å²) in [4.78, 5) is 7.53. The lowest BCUT2D eigenvalue weighted by Crippen LogP contribution is -2.49. The van der Waals surface area contributed by atoms with Gasteiger partial charge in [0, 0.05) is 19.6 Å². The first-order chi connectivity index (χ1) is 15.0. The average Bonchev–Trinajstić information content (AvgIpc) is 2.96. The molecule has 170 valence electrons. The first-order valence-electron chi connectivity index (χ1n) is 11.7. The molecule has 0 aliphatic carbocycles. The molecule has 1 unspecified atom stereocenters. The second-order valence-corrected chi connectivity index (χ2v) is 8.87. The molecule has 2 aromatic rings. The molecule has 1 atom stereocenters. The minimum Gasteiger partial charge on any atom is -0.355 e. The van der Waals surface area contributed by atoms with Crippen LogP contribution in [0.4, 0.5) is 0 Å². The van der Waals surface area contributed by atoms with Crippen molar-refractivity contribution >= 4 is 5.96 Å². The third-order valence-electron chi connectivity index (χ3n) is 6.22. The molecular weight excluding hydrogens is 386 g/mol. The summed E-state index contributed by atoms with van der Waals surface area (Å²) < 4.78 is 2.01. The van der Waals surface area contributed by atoms with Crippen LogP contribution in [-0.4, -0.2) is 51.3 Å². The Hall–Kier alpha value is -2.41. The van der Waals surface area contributed by atoms with Crippen molar-refractivity contribution < 1.29 is 0 Å². The molecule has 1 fully saturated rings. The van der Waals surface area contributed by atoms with E-state index in [2.05, 4.69) is 63.8 Å². The number of hydrogen-bond donors (Lipinski definition) is 2. The zero-order chi connectivity index (χ0) is 22.1. The van der Waals surface area contributed by atoms with Gasteiger partial charge in [-0.05, 0) is 44.3 Å². The Morgan fingerprint density at radius 1 is 1.03 bits per heavy atom. The van der Waals surface area contributed by atoms with Crippen molar-refractivity contribution in [2.75, 3.05) is 19.6 Å². The number of benzene rings is 1. The van der Waals surface area contributed by atoms with E-state index in [-0.39, 0.29) is 0 Å². The lowest BCUT2D eigenvalue weighted by molar-refractivity contribution is 0.161. The molecule has 0 amide bonds. The van der Waals surface area contributed by atoms with Gasteiger partial charge in [0.05, 0.1) is 13.1 Å². The van der Waals surface area contributed by atoms with E-state index >= 15 is 0 Å². The van der Waals surface area contributed by atoms with Crippen molar-refractivity contribution in [1.82, 2.24) is 30.3 Å². The number of aryl methyl sites for hydroxylation is 1. The maximum atomic E-state index is 4.86. The zero-order valence-corrected chi connectivity index (χ0v) is 19.6. The van der Waals surface area contributed by atoms with Crippen LogP contribution in [-0.2, 0) is 20.1 Å². The molecule has 1 aliphatic heterocycles. The molecule has 1 aromatic heterocycles. The van der Waals surface area contributed by atoms with Crippen LogP contribution in [0.3, 0.4) is 0 Å². The van der Waals surface area contributed by atoms with E-state index in [1.165, 1.54) is 44.3 Å². The second kappa shape index (κ2) is 11.8. The molecule has 1 aliphatic rings. The van der Waals surface area contributed by atoms with Crippen molar-refractivity contribution in [2.24, 2.45) is 18.0 Å². The molecular formula is C24H39N7. The minimum atomic E-state index is 0.499. The third kappa shape index (κ3) is 7.06. The van der Waals surface area contributed by atoms with Crippen LogP contribution >= 0.6 is 0 Å². The zero-order valence-electron chi connectivity index (χ0n) is 19.6. The monoisotopic (exact) mass is 425 g/mol. The Morgan fingerprint density at radius 2 is 1.74 bits per heavy atom. The maximum Gasteiger partial charge on any atom is 0.192 e. The highest BCUT2D eigenvalue weighted by atomic mass is 15.3. The topological polar surface area (TPSA) is 70.4 Å². The maximum absolute atomic E-state index is 4.86. The Bertz CT molecular complexity index is 805. The fourth-order valence-electron chi connectivity index (χ4n) is 4.11. The normalized spacial score (nSPS) is 16.9. The smallest absolute Gasteiger partial charge is 0.192 e. The number of hydrogen-bond acceptors (Lipinski definition) is 4. The van der Waals surface area contributed by atoms with Crippen LogP contribution in [0.25, 0.3) is 0 Å². The highest BCUT2D eigenvalue weighted by Gasteiger charge is 2.23. The minimum absolute atomic E-state index is 0.499. The van der Waals surface area contributed by atoms with Crippen molar-refractivity contribution in [3.8, 4) is 0 Å². The molecule has 2 N–H and O–H groups in total. The van der Waals surface area contributed by atoms with Gasteiger partial charge in [0.25, 0.3) is 0 Å². The Balaban J connectivity index is 1.67. The molecule has 3 rings (SSSR count). The van der Waals surface area contributed by atoms with E-state index in [1.54, 1.807) is 0 Å². The molecule has 31 heavy (non-hydrogen) atoms. The van der Waals surface area contributed by atoms with Gasteiger partial charge in [-0.15, -0.1) is 10.2 Å². The van der Waals surface area contributed by atoms with Crippen LogP contribution < -0.4 is 10.6 Å². The van der Waals surface area contributed by atoms with E-state index in [9.17, 15) is 0 Å². The predicted octanol–water partition coefficient (Wildman–Crippen LogP) is 3.26. The number of nitrogens with zero attached hydrogens (tertiary/aromatic N) is 5. The molecule has 0 radical (unpaired) electrons. The highest BCUT2D eigenvalue weighted by Crippen LogP contribution is 2.17. The lowest BCUT2D eigenvalue weighted by atomic mass is 10.0. The summed E-state index contributed by atoms with van der Waals surface area (Å²) >= 11 is 0. The van der Waals surface area contributed by atoms with Gasteiger partial charge in [0.15, 0.2) is 11.8 Å². The van der Waals surface area contributed by atoms with Gasteiger partial charge in [0.1, 0.15) is 5.82 Å². The largest absolute Gasteiger partial charge is 0.355 e. The Labute approximate surface area is 187 Å². The first-order valence-corrected chi connectivity index (χ1v) is 11.7. The summed E-state index contributed by atoms with van der Waals surface area (Å²) in [5, 5.41) is 15.5. The summed E-state index contributed by atoms with van der Waals surface area (Å²) in [7, 11) is 1.99. The first kappa shape index (κ1) is 23.3. The molecule has 0 saturated carbocycles. The Kier molecular flexibility index (Phi) is 8.88. The van der Waals surface area contributed by atoms with Crippen LogP contribution in [0.2, 0.25) is 0 Å². The van der Waals surface area contributed by atoms with Crippen LogP contribution in [0.1, 0.15) is 56.7 Å². The Morgan fingerprint density at radius 3 is 2.35 bits per heavy atom. The molecule has 7 heteroatoms. The predicted molar refractivity (Wildman–Crippen MR) is 127 cm³/mol. The molecule has 1 aromatic carbocycles. The number of guanidine groups is 1. The van der Waals surface area contributed by atoms with E-state index in [0.29, 0.717) is 25.0 Å². The summed E-state index contributed by atoms with van der Waals surface area (Å²) in [6, 6.07) is 10.9. The summed E-state index contributed by atoms with van der Waals surface area (Å²) in [6.45, 7) is 11.1. The van der Waals surface area contributed by atoms with E-state index in [1.807, 2.05) is 24.6 Å². The molecule has 7 nitrogen and oxygen atoms in total. The van der Waals surface area contributed by atoms with Gasteiger partial charge in [-0.2, -0.15) is 0 Å². The summed E-state index contributed by atoms with van der Waals surface area (Å²) in [5.41, 5.74) is 1.20. The molecule has 2 heterocycles. The number of rotatable bonds is 8. The van der Waals surface area contributed by atoms with Crippen molar-refractivity contribution in [3.63, 3.8) is 0 Å². The van der Waals surface area contributed by atoms with Gasteiger partial charge in [0.2, 0.25) is 0 Å². The highest BCUT2D eigenvalue weighted by molar-refractivity contribution is 5.79. The average molecular weight is 426 g/mol.